The van der Waals surface area contributed by atoms with Crippen LogP contribution in [-0.4, -0.2) is 15.5 Å². The summed E-state index contributed by atoms with van der Waals surface area (Å²) in [5.41, 5.74) is 13.1. The molecule has 242 valence electrons. The van der Waals surface area contributed by atoms with E-state index in [0.717, 1.165) is 34.0 Å². The highest BCUT2D eigenvalue weighted by atomic mass is 16.5. The van der Waals surface area contributed by atoms with Gasteiger partial charge in [-0.3, -0.25) is 0 Å². The maximum atomic E-state index is 6.87. The summed E-state index contributed by atoms with van der Waals surface area (Å²) in [4.78, 5) is 0. The first-order valence-corrected chi connectivity index (χ1v) is 18.3. The second-order valence-electron chi connectivity index (χ2n) is 14.7. The second kappa shape index (κ2) is 9.08. The fourth-order valence-corrected chi connectivity index (χ4v) is 10.3. The summed E-state index contributed by atoms with van der Waals surface area (Å²) in [6.45, 7) is 0.0258. The van der Waals surface area contributed by atoms with Crippen LogP contribution < -0.4 is 25.9 Å². The van der Waals surface area contributed by atoms with Gasteiger partial charge in [-0.25, -0.2) is 0 Å². The Labute approximate surface area is 302 Å². The molecule has 0 spiro atoms. The molecule has 0 saturated carbocycles. The van der Waals surface area contributed by atoms with Gasteiger partial charge in [-0.2, -0.15) is 0 Å². The molecule has 0 unspecified atom stereocenters. The molecule has 14 rings (SSSR count). The third-order valence-electron chi connectivity index (χ3n) is 12.3. The van der Waals surface area contributed by atoms with Crippen LogP contribution in [0.25, 0.3) is 87.3 Å². The van der Waals surface area contributed by atoms with Crippen LogP contribution in [0.4, 0.5) is 0 Å². The maximum absolute atomic E-state index is 6.87. The normalized spacial score (nSPS) is 13.5. The first-order chi connectivity index (χ1) is 26.3. The van der Waals surface area contributed by atoms with Crippen LogP contribution in [0.1, 0.15) is 0 Å². The van der Waals surface area contributed by atoms with Gasteiger partial charge >= 0.3 is 0 Å². The Bertz CT molecular complexity index is 3360. The highest BCUT2D eigenvalue weighted by Crippen LogP contribution is 2.51. The van der Waals surface area contributed by atoms with Gasteiger partial charge in [-0.1, -0.05) is 109 Å². The molecule has 2 aliphatic rings. The fourth-order valence-electron chi connectivity index (χ4n) is 10.3. The van der Waals surface area contributed by atoms with Crippen LogP contribution in [0.3, 0.4) is 0 Å². The molecule has 0 aliphatic carbocycles. The summed E-state index contributed by atoms with van der Waals surface area (Å²) in [6.07, 6.45) is 0. The number of nitrogens with zero attached hydrogens (tertiary/aromatic N) is 2. The molecule has 2 aliphatic heterocycles. The van der Waals surface area contributed by atoms with Crippen molar-refractivity contribution in [3.63, 3.8) is 0 Å². The third-order valence-corrected chi connectivity index (χ3v) is 12.3. The first-order valence-electron chi connectivity index (χ1n) is 18.3. The van der Waals surface area contributed by atoms with E-state index < -0.39 is 0 Å². The minimum atomic E-state index is 0.0258. The van der Waals surface area contributed by atoms with E-state index in [4.69, 9.17) is 9.47 Å². The Morgan fingerprint density at radius 1 is 0.377 bits per heavy atom. The molecule has 4 aromatic heterocycles. The predicted molar refractivity (Wildman–Crippen MR) is 219 cm³/mol. The number of hydrogen-bond acceptors (Lipinski definition) is 2. The average Bonchev–Trinajstić information content (AvgIpc) is 3.94. The SMILES string of the molecule is c1ccc2c(c1)Oc1cc(-c3c4c5cccc6c7ccccc7n(c4cc4c3c3cccc7c8ccccc8n4c73)c65)cc3c1B2c1ccccc1O3. The quantitative estimate of drug-likeness (QED) is 0.162. The highest BCUT2D eigenvalue weighted by molar-refractivity contribution is 6.98. The standard InChI is InChI=1S/C48H25BN2O2/c1-5-19-35-27(11-1)29-13-9-15-31-44-37(50(35)47(29)31)25-38-45(32-16-10-14-30-28-12-2-6-20-36(28)51(38)48(30)32)43(44)26-23-41-46-42(24-26)53-40-22-8-4-18-34(40)49(46)33-17-3-7-21-39(33)52-41/h1-25H. The first kappa shape index (κ1) is 26.8. The summed E-state index contributed by atoms with van der Waals surface area (Å²) < 4.78 is 18.8. The molecule has 12 aromatic rings. The van der Waals surface area contributed by atoms with Crippen molar-refractivity contribution >= 4 is 99.3 Å². The molecule has 8 aromatic carbocycles. The Morgan fingerprint density at radius 2 is 0.830 bits per heavy atom. The van der Waals surface area contributed by atoms with Crippen molar-refractivity contribution in [2.24, 2.45) is 0 Å². The molecule has 6 heterocycles. The van der Waals surface area contributed by atoms with Crippen LogP contribution >= 0.6 is 0 Å². The lowest BCUT2D eigenvalue weighted by molar-refractivity contribution is 0.465. The monoisotopic (exact) mass is 672 g/mol. The molecule has 0 radical (unpaired) electrons. The Hall–Kier alpha value is -6.98. The van der Waals surface area contributed by atoms with E-state index in [0.29, 0.717) is 0 Å². The van der Waals surface area contributed by atoms with Gasteiger partial charge in [0, 0.05) is 54.1 Å². The van der Waals surface area contributed by atoms with E-state index in [1.165, 1.54) is 92.7 Å². The van der Waals surface area contributed by atoms with Gasteiger partial charge in [0.2, 0.25) is 0 Å². The van der Waals surface area contributed by atoms with E-state index in [-0.39, 0.29) is 6.71 Å². The zero-order chi connectivity index (χ0) is 34.1. The lowest BCUT2D eigenvalue weighted by Gasteiger charge is -2.33. The maximum Gasteiger partial charge on any atom is 0.260 e. The molecule has 0 amide bonds. The van der Waals surface area contributed by atoms with Crippen LogP contribution in [0.2, 0.25) is 0 Å². The number of para-hydroxylation sites is 6. The van der Waals surface area contributed by atoms with Crippen molar-refractivity contribution in [2.45, 2.75) is 0 Å². The van der Waals surface area contributed by atoms with Crippen molar-refractivity contribution in [3.05, 3.63) is 152 Å². The van der Waals surface area contributed by atoms with Crippen molar-refractivity contribution in [2.75, 3.05) is 0 Å². The van der Waals surface area contributed by atoms with Gasteiger partial charge in [-0.15, -0.1) is 0 Å². The minimum Gasteiger partial charge on any atom is -0.458 e. The van der Waals surface area contributed by atoms with Crippen LogP contribution in [0.5, 0.6) is 23.0 Å². The van der Waals surface area contributed by atoms with Crippen molar-refractivity contribution in [1.29, 1.82) is 0 Å². The molecule has 0 bridgehead atoms. The Balaban J connectivity index is 1.21. The zero-order valence-corrected chi connectivity index (χ0v) is 28.2. The molecular weight excluding hydrogens is 647 g/mol. The molecule has 53 heavy (non-hydrogen) atoms. The van der Waals surface area contributed by atoms with Crippen molar-refractivity contribution in [1.82, 2.24) is 8.80 Å². The molecule has 4 nitrogen and oxygen atoms in total. The van der Waals surface area contributed by atoms with Crippen LogP contribution in [0, 0.1) is 0 Å². The highest BCUT2D eigenvalue weighted by Gasteiger charge is 2.40. The van der Waals surface area contributed by atoms with Gasteiger partial charge < -0.3 is 18.3 Å². The Morgan fingerprint density at radius 3 is 1.38 bits per heavy atom. The molecule has 5 heteroatoms. The number of aromatic nitrogens is 2. The smallest absolute Gasteiger partial charge is 0.260 e. The molecule has 0 saturated heterocycles. The summed E-state index contributed by atoms with van der Waals surface area (Å²) in [7, 11) is 0. The minimum absolute atomic E-state index is 0.0258. The molecule has 0 N–H and O–H groups in total. The number of ether oxygens (including phenoxy) is 2. The Kier molecular flexibility index (Phi) is 4.59. The van der Waals surface area contributed by atoms with Crippen LogP contribution in [0.15, 0.2) is 152 Å². The largest absolute Gasteiger partial charge is 0.458 e. The fraction of sp³-hybridized carbons (Fsp3) is 0. The summed E-state index contributed by atoms with van der Waals surface area (Å²) in [6, 6.07) is 55.2. The van der Waals surface area contributed by atoms with E-state index in [1.807, 2.05) is 0 Å². The number of fused-ring (bicyclic) bond motifs is 16. The van der Waals surface area contributed by atoms with Gasteiger partial charge in [-0.05, 0) is 59.0 Å². The van der Waals surface area contributed by atoms with Gasteiger partial charge in [0.1, 0.15) is 23.0 Å². The third kappa shape index (κ3) is 3.06. The zero-order valence-electron chi connectivity index (χ0n) is 28.2. The van der Waals surface area contributed by atoms with Gasteiger partial charge in [0.25, 0.3) is 6.71 Å². The number of rotatable bonds is 1. The van der Waals surface area contributed by atoms with E-state index >= 15 is 0 Å². The number of hydrogen-bond donors (Lipinski definition) is 0. The average molecular weight is 673 g/mol. The van der Waals surface area contributed by atoms with E-state index in [2.05, 4.69) is 160 Å². The van der Waals surface area contributed by atoms with E-state index in [1.54, 1.807) is 0 Å². The van der Waals surface area contributed by atoms with Gasteiger partial charge in [0.15, 0.2) is 0 Å². The topological polar surface area (TPSA) is 27.3 Å². The second-order valence-corrected chi connectivity index (χ2v) is 14.7. The van der Waals surface area contributed by atoms with Crippen LogP contribution in [-0.2, 0) is 0 Å². The number of benzene rings is 8. The molecular formula is C48H25BN2O2. The van der Waals surface area contributed by atoms with Crippen molar-refractivity contribution < 1.29 is 9.47 Å². The van der Waals surface area contributed by atoms with E-state index in [9.17, 15) is 0 Å². The lowest BCUT2D eigenvalue weighted by atomic mass is 9.35. The summed E-state index contributed by atoms with van der Waals surface area (Å²) in [5, 5.41) is 10.1. The predicted octanol–water partition coefficient (Wildman–Crippen LogP) is 10.4. The van der Waals surface area contributed by atoms with Crippen molar-refractivity contribution in [3.8, 4) is 34.1 Å². The summed E-state index contributed by atoms with van der Waals surface area (Å²) in [5.74, 6) is 3.49. The summed E-state index contributed by atoms with van der Waals surface area (Å²) >= 11 is 0. The lowest BCUT2D eigenvalue weighted by Crippen LogP contribution is -2.57. The van der Waals surface area contributed by atoms with Gasteiger partial charge in [0.05, 0.1) is 33.1 Å². The molecule has 0 fully saturated rings. The molecule has 0 atom stereocenters.